The third-order valence-electron chi connectivity index (χ3n) is 4.52. The molecule has 33 heavy (non-hydrogen) atoms. The van der Waals surface area contributed by atoms with Crippen LogP contribution in [0.25, 0.3) is 17.1 Å². The molecule has 0 bridgehead atoms. The average molecular weight is 485 g/mol. The molecule has 172 valence electrons. The van der Waals surface area contributed by atoms with Crippen LogP contribution in [-0.4, -0.2) is 35.4 Å². The molecule has 0 fully saturated rings. The van der Waals surface area contributed by atoms with Gasteiger partial charge in [-0.15, -0.1) is 0 Å². The van der Waals surface area contributed by atoms with E-state index in [2.05, 4.69) is 19.8 Å². The highest BCUT2D eigenvalue weighted by atomic mass is 32.2. The molecule has 4 aromatic rings. The molecule has 0 atom stereocenters. The molecule has 0 saturated carbocycles. The van der Waals surface area contributed by atoms with Gasteiger partial charge in [-0.2, -0.15) is 23.3 Å². The van der Waals surface area contributed by atoms with Gasteiger partial charge in [0.1, 0.15) is 16.5 Å². The molecule has 0 spiro atoms. The molecule has 2 aromatic heterocycles. The first-order chi connectivity index (χ1) is 15.5. The predicted octanol–water partition coefficient (Wildman–Crippen LogP) is 4.04. The Kier molecular flexibility index (Phi) is 5.40. The molecule has 0 amide bonds. The summed E-state index contributed by atoms with van der Waals surface area (Å²) in [5.74, 6) is -3.67. The minimum atomic E-state index is -4.77. The van der Waals surface area contributed by atoms with Crippen LogP contribution in [0.2, 0.25) is 0 Å². The first-order valence-corrected chi connectivity index (χ1v) is 10.4. The van der Waals surface area contributed by atoms with E-state index < -0.39 is 33.7 Å². The van der Waals surface area contributed by atoms with E-state index in [0.717, 1.165) is 25.4 Å². The maximum absolute atomic E-state index is 14.0. The predicted molar refractivity (Wildman–Crippen MR) is 104 cm³/mol. The maximum Gasteiger partial charge on any atom is 0.471 e. The van der Waals surface area contributed by atoms with Gasteiger partial charge in [0.25, 0.3) is 10.0 Å². The zero-order chi connectivity index (χ0) is 24.0. The summed E-state index contributed by atoms with van der Waals surface area (Å²) >= 11 is 0. The summed E-state index contributed by atoms with van der Waals surface area (Å²) in [5, 5.41) is 7.25. The van der Waals surface area contributed by atoms with E-state index in [9.17, 15) is 30.4 Å². The molecule has 4 rings (SSSR count). The molecule has 8 nitrogen and oxygen atoms in total. The fourth-order valence-electron chi connectivity index (χ4n) is 2.82. The van der Waals surface area contributed by atoms with Crippen LogP contribution in [0.5, 0.6) is 0 Å². The number of benzene rings is 2. The average Bonchev–Trinajstić information content (AvgIpc) is 3.44. The van der Waals surface area contributed by atoms with Crippen molar-refractivity contribution in [3.05, 3.63) is 72.4 Å². The fraction of sp³-hybridized carbons (Fsp3) is 0.105. The SMILES string of the molecule is CN(c1ccc(F)cc1F)S(=O)(=O)c1cnn(-c2ccc(-c3noc(C(F)(F)F)n3)cc2)c1. The lowest BCUT2D eigenvalue weighted by atomic mass is 10.2. The molecule has 0 saturated heterocycles. The van der Waals surface area contributed by atoms with E-state index in [1.54, 1.807) is 0 Å². The van der Waals surface area contributed by atoms with E-state index in [4.69, 9.17) is 0 Å². The van der Waals surface area contributed by atoms with E-state index in [-0.39, 0.29) is 22.0 Å². The van der Waals surface area contributed by atoms with Gasteiger partial charge in [0.15, 0.2) is 0 Å². The number of anilines is 1. The Morgan fingerprint density at radius 3 is 2.36 bits per heavy atom. The van der Waals surface area contributed by atoms with Gasteiger partial charge in [-0.1, -0.05) is 5.16 Å². The number of rotatable bonds is 5. The largest absolute Gasteiger partial charge is 0.471 e. The minimum absolute atomic E-state index is 0.226. The third kappa shape index (κ3) is 4.28. The van der Waals surface area contributed by atoms with Gasteiger partial charge < -0.3 is 4.52 Å². The van der Waals surface area contributed by atoms with Crippen molar-refractivity contribution in [1.29, 1.82) is 0 Å². The van der Waals surface area contributed by atoms with Gasteiger partial charge in [-0.25, -0.2) is 21.9 Å². The van der Waals surface area contributed by atoms with Gasteiger partial charge in [-0.05, 0) is 36.4 Å². The lowest BCUT2D eigenvalue weighted by Crippen LogP contribution is -2.27. The van der Waals surface area contributed by atoms with Gasteiger partial charge in [0, 0.05) is 18.7 Å². The van der Waals surface area contributed by atoms with Crippen molar-refractivity contribution in [1.82, 2.24) is 19.9 Å². The summed E-state index contributed by atoms with van der Waals surface area (Å²) in [6.07, 6.45) is -2.57. The number of alkyl halides is 3. The zero-order valence-electron chi connectivity index (χ0n) is 16.5. The van der Waals surface area contributed by atoms with E-state index in [1.165, 1.54) is 35.1 Å². The fourth-order valence-corrected chi connectivity index (χ4v) is 3.96. The summed E-state index contributed by atoms with van der Waals surface area (Å²) in [5.41, 5.74) is 0.242. The Morgan fingerprint density at radius 2 is 1.76 bits per heavy atom. The van der Waals surface area contributed by atoms with Crippen LogP contribution in [0.1, 0.15) is 5.89 Å². The van der Waals surface area contributed by atoms with Crippen molar-refractivity contribution in [3.63, 3.8) is 0 Å². The molecule has 14 heteroatoms. The molecule has 0 unspecified atom stereocenters. The number of halogens is 5. The molecular weight excluding hydrogens is 473 g/mol. The summed E-state index contributed by atoms with van der Waals surface area (Å²) in [6, 6.07) is 8.18. The first-order valence-electron chi connectivity index (χ1n) is 8.97. The second kappa shape index (κ2) is 7.95. The lowest BCUT2D eigenvalue weighted by Gasteiger charge is -2.18. The molecule has 0 N–H and O–H groups in total. The lowest BCUT2D eigenvalue weighted by molar-refractivity contribution is -0.159. The van der Waals surface area contributed by atoms with Crippen molar-refractivity contribution in [2.45, 2.75) is 11.1 Å². The number of hydrogen-bond acceptors (Lipinski definition) is 6. The van der Waals surface area contributed by atoms with E-state index in [1.807, 2.05) is 0 Å². The summed E-state index contributed by atoms with van der Waals surface area (Å²) in [4.78, 5) is 3.01. The normalized spacial score (nSPS) is 12.2. The molecule has 0 aliphatic carbocycles. The molecule has 0 aliphatic heterocycles. The smallest absolute Gasteiger partial charge is 0.329 e. The van der Waals surface area contributed by atoms with Crippen molar-refractivity contribution in [3.8, 4) is 17.1 Å². The van der Waals surface area contributed by atoms with Crippen molar-refractivity contribution < 1.29 is 34.9 Å². The standard InChI is InChI=1S/C19H12F5N5O3S/c1-28(16-7-4-12(20)8-15(16)21)33(30,31)14-9-25-29(10-14)13-5-2-11(3-6-13)17-26-18(32-27-17)19(22,23)24/h2-10H,1H3. The molecule has 2 heterocycles. The Hall–Kier alpha value is -3.81. The molecule has 0 radical (unpaired) electrons. The number of sulfonamides is 1. The Bertz CT molecular complexity index is 1410. The van der Waals surface area contributed by atoms with Crippen molar-refractivity contribution >= 4 is 15.7 Å². The van der Waals surface area contributed by atoms with Crippen LogP contribution >= 0.6 is 0 Å². The number of hydrogen-bond donors (Lipinski definition) is 0. The van der Waals surface area contributed by atoms with Gasteiger partial charge >= 0.3 is 12.1 Å². The quantitative estimate of drug-likeness (QED) is 0.396. The number of aromatic nitrogens is 4. The van der Waals surface area contributed by atoms with E-state index >= 15 is 0 Å². The maximum atomic E-state index is 14.0. The van der Waals surface area contributed by atoms with Gasteiger partial charge in [0.05, 0.1) is 23.8 Å². The zero-order valence-corrected chi connectivity index (χ0v) is 17.3. The Balaban J connectivity index is 1.58. The summed E-state index contributed by atoms with van der Waals surface area (Å²) in [6.45, 7) is 0. The van der Waals surface area contributed by atoms with Crippen molar-refractivity contribution in [2.75, 3.05) is 11.4 Å². The second-order valence-corrected chi connectivity index (χ2v) is 8.63. The van der Waals surface area contributed by atoms with Crippen LogP contribution < -0.4 is 4.31 Å². The summed E-state index contributed by atoms with van der Waals surface area (Å²) in [7, 11) is -3.12. The molecule has 2 aromatic carbocycles. The van der Waals surface area contributed by atoms with E-state index in [0.29, 0.717) is 16.1 Å². The van der Waals surface area contributed by atoms with Crippen LogP contribution in [0.3, 0.4) is 0 Å². The van der Waals surface area contributed by atoms with Gasteiger partial charge in [-0.3, -0.25) is 4.31 Å². The monoisotopic (exact) mass is 485 g/mol. The van der Waals surface area contributed by atoms with Crippen LogP contribution in [0.15, 0.2) is 64.3 Å². The Labute approximate surface area is 182 Å². The molecular formula is C19H12F5N5O3S. The minimum Gasteiger partial charge on any atom is -0.329 e. The van der Waals surface area contributed by atoms with Crippen LogP contribution in [-0.2, 0) is 16.2 Å². The third-order valence-corrected chi connectivity index (χ3v) is 6.25. The van der Waals surface area contributed by atoms with Crippen LogP contribution in [0, 0.1) is 11.6 Å². The second-order valence-electron chi connectivity index (χ2n) is 6.66. The highest BCUT2D eigenvalue weighted by Gasteiger charge is 2.38. The van der Waals surface area contributed by atoms with Crippen LogP contribution in [0.4, 0.5) is 27.6 Å². The van der Waals surface area contributed by atoms with Crippen molar-refractivity contribution in [2.24, 2.45) is 0 Å². The number of nitrogens with zero attached hydrogens (tertiary/aromatic N) is 5. The highest BCUT2D eigenvalue weighted by molar-refractivity contribution is 7.92. The first kappa shape index (κ1) is 22.4. The van der Waals surface area contributed by atoms with Gasteiger partial charge in [0.2, 0.25) is 5.82 Å². The topological polar surface area (TPSA) is 94.1 Å². The molecule has 0 aliphatic rings. The summed E-state index contributed by atoms with van der Waals surface area (Å²) < 4.78 is 96.7. The highest BCUT2D eigenvalue weighted by Crippen LogP contribution is 2.30. The Morgan fingerprint density at radius 1 is 1.06 bits per heavy atom.